The van der Waals surface area contributed by atoms with Gasteiger partial charge in [-0.3, -0.25) is 9.69 Å². The number of aromatic nitrogens is 1. The number of thiophene rings is 1. The first-order valence-corrected chi connectivity index (χ1v) is 13.1. The van der Waals surface area contributed by atoms with E-state index in [0.29, 0.717) is 18.7 Å². The Morgan fingerprint density at radius 2 is 2.03 bits per heavy atom. The Morgan fingerprint density at radius 1 is 1.23 bits per heavy atom. The number of benzene rings is 1. The van der Waals surface area contributed by atoms with Crippen LogP contribution in [0.25, 0.3) is 21.5 Å². The van der Waals surface area contributed by atoms with Gasteiger partial charge in [0.25, 0.3) is 5.91 Å². The summed E-state index contributed by atoms with van der Waals surface area (Å²) < 4.78 is 6.44. The van der Waals surface area contributed by atoms with Gasteiger partial charge in [0.1, 0.15) is 6.10 Å². The molecule has 35 heavy (non-hydrogen) atoms. The largest absolute Gasteiger partial charge is 0.443 e. The first-order valence-electron chi connectivity index (χ1n) is 12.3. The fourth-order valence-corrected chi connectivity index (χ4v) is 5.68. The molecular formula is C26H31N5O3S. The van der Waals surface area contributed by atoms with Crippen LogP contribution >= 0.6 is 11.3 Å². The third kappa shape index (κ3) is 4.97. The molecule has 2 amide bonds. The van der Waals surface area contributed by atoms with Crippen LogP contribution in [0.2, 0.25) is 0 Å². The van der Waals surface area contributed by atoms with Crippen LogP contribution in [0.4, 0.5) is 10.5 Å². The fourth-order valence-electron chi connectivity index (χ4n) is 4.85. The SMILES string of the molecule is CCN(CC)C(=O)c1ccc(-c2cc(NCCCN3CC4NC(=O)OC4C3)c3sccc3n2)cc1. The van der Waals surface area contributed by atoms with E-state index in [1.807, 2.05) is 49.1 Å². The Bertz CT molecular complexity index is 1190. The topological polar surface area (TPSA) is 86.8 Å². The van der Waals surface area contributed by atoms with Crippen molar-refractivity contribution in [1.82, 2.24) is 20.1 Å². The standard InChI is InChI=1S/C26H31N5O3S/c1-3-31(4-2)25(32)18-8-6-17(7-9-18)20-14-21(24-19(28-20)10-13-35-24)27-11-5-12-30-15-22-23(16-30)34-26(33)29-22/h6-10,13-14,22-23H,3-5,11-12,15-16H2,1-2H3,(H,27,28)(H,29,33). The van der Waals surface area contributed by atoms with Crippen LogP contribution in [-0.2, 0) is 4.74 Å². The maximum Gasteiger partial charge on any atom is 0.407 e. The summed E-state index contributed by atoms with van der Waals surface area (Å²) in [5, 5.41) is 8.55. The number of carbonyl (C=O) groups excluding carboxylic acids is 2. The summed E-state index contributed by atoms with van der Waals surface area (Å²) in [6.45, 7) is 8.82. The summed E-state index contributed by atoms with van der Waals surface area (Å²) in [4.78, 5) is 33.0. The van der Waals surface area contributed by atoms with Gasteiger partial charge in [-0.25, -0.2) is 9.78 Å². The molecule has 4 heterocycles. The summed E-state index contributed by atoms with van der Waals surface area (Å²) in [6.07, 6.45) is 0.678. The van der Waals surface area contributed by atoms with Crippen molar-refractivity contribution in [2.24, 2.45) is 0 Å². The maximum absolute atomic E-state index is 12.6. The van der Waals surface area contributed by atoms with Gasteiger partial charge in [0.05, 0.1) is 27.6 Å². The predicted molar refractivity (Wildman–Crippen MR) is 139 cm³/mol. The molecule has 2 aliphatic rings. The molecule has 184 valence electrons. The van der Waals surface area contributed by atoms with Gasteiger partial charge in [-0.05, 0) is 49.9 Å². The number of hydrogen-bond acceptors (Lipinski definition) is 7. The van der Waals surface area contributed by atoms with Crippen LogP contribution < -0.4 is 10.6 Å². The van der Waals surface area contributed by atoms with E-state index < -0.39 is 0 Å². The first-order chi connectivity index (χ1) is 17.1. The molecular weight excluding hydrogens is 462 g/mol. The van der Waals surface area contributed by atoms with E-state index in [2.05, 4.69) is 27.0 Å². The number of anilines is 1. The van der Waals surface area contributed by atoms with Gasteiger partial charge in [0.2, 0.25) is 0 Å². The van der Waals surface area contributed by atoms with Gasteiger partial charge < -0.3 is 20.3 Å². The summed E-state index contributed by atoms with van der Waals surface area (Å²) in [7, 11) is 0. The number of pyridine rings is 1. The molecule has 0 spiro atoms. The molecule has 0 saturated carbocycles. The van der Waals surface area contributed by atoms with Gasteiger partial charge in [-0.2, -0.15) is 0 Å². The van der Waals surface area contributed by atoms with Crippen molar-refractivity contribution >= 4 is 39.2 Å². The van der Waals surface area contributed by atoms with Gasteiger partial charge in [0.15, 0.2) is 0 Å². The second-order valence-corrected chi connectivity index (χ2v) is 9.90. The lowest BCUT2D eigenvalue weighted by molar-refractivity contribution is 0.0773. The smallest absolute Gasteiger partial charge is 0.407 e. The molecule has 0 bridgehead atoms. The molecule has 2 aromatic heterocycles. The third-order valence-electron chi connectivity index (χ3n) is 6.76. The number of fused-ring (bicyclic) bond motifs is 2. The number of alkyl carbamates (subject to hydrolysis) is 1. The number of hydrogen-bond donors (Lipinski definition) is 2. The zero-order chi connectivity index (χ0) is 24.4. The minimum atomic E-state index is -0.292. The molecule has 2 aliphatic heterocycles. The Hall–Kier alpha value is -3.17. The van der Waals surface area contributed by atoms with Crippen molar-refractivity contribution in [3.63, 3.8) is 0 Å². The van der Waals surface area contributed by atoms with Gasteiger partial charge in [-0.15, -0.1) is 11.3 Å². The Labute approximate surface area is 209 Å². The molecule has 0 aliphatic carbocycles. The Morgan fingerprint density at radius 3 is 2.77 bits per heavy atom. The lowest BCUT2D eigenvalue weighted by atomic mass is 10.1. The second-order valence-electron chi connectivity index (χ2n) is 8.98. The maximum atomic E-state index is 12.6. The predicted octanol–water partition coefficient (Wildman–Crippen LogP) is 4.04. The van der Waals surface area contributed by atoms with Crippen molar-refractivity contribution < 1.29 is 14.3 Å². The van der Waals surface area contributed by atoms with E-state index in [-0.39, 0.29) is 24.1 Å². The van der Waals surface area contributed by atoms with Crippen molar-refractivity contribution in [3.8, 4) is 11.3 Å². The van der Waals surface area contributed by atoms with E-state index in [1.54, 1.807) is 11.3 Å². The summed E-state index contributed by atoms with van der Waals surface area (Å²) in [6, 6.07) is 12.0. The highest BCUT2D eigenvalue weighted by molar-refractivity contribution is 7.17. The number of nitrogens with zero attached hydrogens (tertiary/aromatic N) is 3. The fraction of sp³-hybridized carbons (Fsp3) is 0.423. The van der Waals surface area contributed by atoms with Crippen LogP contribution in [0.5, 0.6) is 0 Å². The van der Waals surface area contributed by atoms with Crippen molar-refractivity contribution in [2.45, 2.75) is 32.4 Å². The monoisotopic (exact) mass is 493 g/mol. The lowest BCUT2D eigenvalue weighted by Crippen LogP contribution is -2.33. The van der Waals surface area contributed by atoms with Gasteiger partial charge in [0, 0.05) is 50.4 Å². The summed E-state index contributed by atoms with van der Waals surface area (Å²) in [5.74, 6) is 0.0562. The number of rotatable bonds is 9. The molecule has 2 atom stereocenters. The molecule has 1 aromatic carbocycles. The molecule has 5 rings (SSSR count). The molecule has 9 heteroatoms. The van der Waals surface area contributed by atoms with E-state index in [4.69, 9.17) is 9.72 Å². The summed E-state index contributed by atoms with van der Waals surface area (Å²) >= 11 is 1.68. The number of nitrogens with one attached hydrogen (secondary N) is 2. The van der Waals surface area contributed by atoms with Crippen molar-refractivity contribution in [2.75, 3.05) is 44.6 Å². The number of carbonyl (C=O) groups is 2. The average molecular weight is 494 g/mol. The van der Waals surface area contributed by atoms with Crippen molar-refractivity contribution in [3.05, 3.63) is 47.3 Å². The minimum Gasteiger partial charge on any atom is -0.443 e. The van der Waals surface area contributed by atoms with E-state index >= 15 is 0 Å². The van der Waals surface area contributed by atoms with E-state index in [1.165, 1.54) is 0 Å². The van der Waals surface area contributed by atoms with Crippen molar-refractivity contribution in [1.29, 1.82) is 0 Å². The van der Waals surface area contributed by atoms with Gasteiger partial charge >= 0.3 is 6.09 Å². The third-order valence-corrected chi connectivity index (χ3v) is 7.70. The number of ether oxygens (including phenoxy) is 1. The highest BCUT2D eigenvalue weighted by Crippen LogP contribution is 2.32. The van der Waals surface area contributed by atoms with Crippen LogP contribution in [-0.4, -0.2) is 78.2 Å². The van der Waals surface area contributed by atoms with Crippen LogP contribution in [0.3, 0.4) is 0 Å². The molecule has 2 fully saturated rings. The number of likely N-dealkylation sites (tertiary alicyclic amines) is 1. The average Bonchev–Trinajstić information content (AvgIpc) is 3.57. The second kappa shape index (κ2) is 10.2. The van der Waals surface area contributed by atoms with E-state index in [9.17, 15) is 9.59 Å². The molecule has 2 unspecified atom stereocenters. The van der Waals surface area contributed by atoms with E-state index in [0.717, 1.165) is 59.8 Å². The zero-order valence-electron chi connectivity index (χ0n) is 20.1. The highest BCUT2D eigenvalue weighted by atomic mass is 32.1. The number of amides is 2. The first kappa shape index (κ1) is 23.6. The van der Waals surface area contributed by atoms with Gasteiger partial charge in [-0.1, -0.05) is 12.1 Å². The molecule has 2 saturated heterocycles. The van der Waals surface area contributed by atoms with Crippen LogP contribution in [0, 0.1) is 0 Å². The lowest BCUT2D eigenvalue weighted by Gasteiger charge is -2.18. The van der Waals surface area contributed by atoms with Crippen LogP contribution in [0.1, 0.15) is 30.6 Å². The van der Waals surface area contributed by atoms with Crippen LogP contribution in [0.15, 0.2) is 41.8 Å². The Balaban J connectivity index is 1.23. The molecule has 0 radical (unpaired) electrons. The quantitative estimate of drug-likeness (QED) is 0.438. The minimum absolute atomic E-state index is 0.0161. The Kier molecular flexibility index (Phi) is 6.88. The molecule has 2 N–H and O–H groups in total. The zero-order valence-corrected chi connectivity index (χ0v) is 20.9. The normalized spacial score (nSPS) is 19.4. The highest BCUT2D eigenvalue weighted by Gasteiger charge is 2.41. The molecule has 3 aromatic rings. The summed E-state index contributed by atoms with van der Waals surface area (Å²) in [5.41, 5.74) is 4.63. The molecule has 8 nitrogen and oxygen atoms in total.